The van der Waals surface area contributed by atoms with Gasteiger partial charge in [-0.3, -0.25) is 4.79 Å². The molecule has 0 bridgehead atoms. The molecule has 0 fully saturated rings. The van der Waals surface area contributed by atoms with E-state index in [0.717, 1.165) is 17.7 Å². The topological polar surface area (TPSA) is 49.3 Å². The summed E-state index contributed by atoms with van der Waals surface area (Å²) in [6, 6.07) is 5.35. The van der Waals surface area contributed by atoms with Crippen molar-refractivity contribution < 1.29 is 14.3 Å². The van der Waals surface area contributed by atoms with Gasteiger partial charge in [0.25, 0.3) is 5.91 Å². The summed E-state index contributed by atoms with van der Waals surface area (Å²) in [4.78, 5) is 12.0. The summed E-state index contributed by atoms with van der Waals surface area (Å²) in [6.45, 7) is 1.65. The first-order chi connectivity index (χ1) is 9.40. The number of amides is 1. The van der Waals surface area contributed by atoms with E-state index in [1.54, 1.807) is 13.0 Å². The van der Waals surface area contributed by atoms with E-state index in [1.807, 2.05) is 10.8 Å². The maximum atomic E-state index is 12.9. The highest BCUT2D eigenvalue weighted by Crippen LogP contribution is 2.23. The number of hydrogen-bond donors (Lipinski definition) is 2. The summed E-state index contributed by atoms with van der Waals surface area (Å²) in [5.41, 5.74) is -0.260. The number of carbonyl (C=O) groups is 1. The Kier molecular flexibility index (Phi) is 4.42. The van der Waals surface area contributed by atoms with E-state index in [0.29, 0.717) is 0 Å². The molecular formula is C14H13ClFNO2S. The monoisotopic (exact) mass is 313 g/mol. The Morgan fingerprint density at radius 1 is 1.50 bits per heavy atom. The second-order valence-electron chi connectivity index (χ2n) is 4.59. The van der Waals surface area contributed by atoms with E-state index >= 15 is 0 Å². The van der Waals surface area contributed by atoms with Crippen LogP contribution in [0, 0.1) is 5.82 Å². The molecule has 1 aromatic heterocycles. The molecule has 2 N–H and O–H groups in total. The molecule has 0 aliphatic rings. The first-order valence-electron chi connectivity index (χ1n) is 5.88. The molecule has 1 amide bonds. The van der Waals surface area contributed by atoms with Gasteiger partial charge in [0.15, 0.2) is 0 Å². The fourth-order valence-electron chi connectivity index (χ4n) is 1.69. The largest absolute Gasteiger partial charge is 0.384 e. The highest BCUT2D eigenvalue weighted by molar-refractivity contribution is 7.08. The van der Waals surface area contributed by atoms with Gasteiger partial charge in [-0.2, -0.15) is 11.3 Å². The average Bonchev–Trinajstić information content (AvgIpc) is 2.90. The van der Waals surface area contributed by atoms with Crippen LogP contribution in [0.4, 0.5) is 4.39 Å². The van der Waals surface area contributed by atoms with Crippen LogP contribution >= 0.6 is 22.9 Å². The molecule has 0 saturated heterocycles. The zero-order valence-corrected chi connectivity index (χ0v) is 12.3. The highest BCUT2D eigenvalue weighted by Gasteiger charge is 2.24. The lowest BCUT2D eigenvalue weighted by Crippen LogP contribution is -2.38. The van der Waals surface area contributed by atoms with Crippen molar-refractivity contribution in [1.29, 1.82) is 0 Å². The van der Waals surface area contributed by atoms with E-state index < -0.39 is 17.3 Å². The summed E-state index contributed by atoms with van der Waals surface area (Å²) < 4.78 is 12.9. The van der Waals surface area contributed by atoms with E-state index in [4.69, 9.17) is 11.6 Å². The molecule has 2 aromatic rings. The van der Waals surface area contributed by atoms with Crippen molar-refractivity contribution in [2.45, 2.75) is 12.5 Å². The molecular weight excluding hydrogens is 301 g/mol. The van der Waals surface area contributed by atoms with Crippen molar-refractivity contribution >= 4 is 28.8 Å². The number of carbonyl (C=O) groups excluding carboxylic acids is 1. The fourth-order valence-corrected chi connectivity index (χ4v) is 2.73. The van der Waals surface area contributed by atoms with Gasteiger partial charge < -0.3 is 10.4 Å². The average molecular weight is 314 g/mol. The van der Waals surface area contributed by atoms with Crippen LogP contribution in [-0.4, -0.2) is 17.6 Å². The summed E-state index contributed by atoms with van der Waals surface area (Å²) in [7, 11) is 0. The van der Waals surface area contributed by atoms with Crippen molar-refractivity contribution in [3.63, 3.8) is 0 Å². The van der Waals surface area contributed by atoms with Crippen LogP contribution in [0.2, 0.25) is 5.02 Å². The predicted octanol–water partition coefficient (Wildman–Crippen LogP) is 3.18. The third-order valence-corrected chi connectivity index (χ3v) is 3.91. The van der Waals surface area contributed by atoms with Crippen LogP contribution in [0.15, 0.2) is 35.0 Å². The van der Waals surface area contributed by atoms with Crippen molar-refractivity contribution in [2.75, 3.05) is 6.54 Å². The lowest BCUT2D eigenvalue weighted by Gasteiger charge is -2.22. The smallest absolute Gasteiger partial charge is 0.252 e. The molecule has 0 radical (unpaired) electrons. The number of benzene rings is 1. The molecule has 0 saturated carbocycles. The summed E-state index contributed by atoms with van der Waals surface area (Å²) in [5, 5.41) is 16.6. The van der Waals surface area contributed by atoms with Crippen LogP contribution in [0.25, 0.3) is 0 Å². The van der Waals surface area contributed by atoms with Crippen LogP contribution in [-0.2, 0) is 5.60 Å². The first-order valence-corrected chi connectivity index (χ1v) is 7.20. The fraction of sp³-hybridized carbons (Fsp3) is 0.214. The molecule has 20 heavy (non-hydrogen) atoms. The molecule has 3 nitrogen and oxygen atoms in total. The van der Waals surface area contributed by atoms with Crippen LogP contribution in [0.1, 0.15) is 22.8 Å². The number of rotatable bonds is 4. The van der Waals surface area contributed by atoms with Gasteiger partial charge in [-0.1, -0.05) is 11.6 Å². The van der Waals surface area contributed by atoms with Crippen molar-refractivity contribution in [3.8, 4) is 0 Å². The van der Waals surface area contributed by atoms with Gasteiger partial charge in [0, 0.05) is 0 Å². The lowest BCUT2D eigenvalue weighted by atomic mass is 9.99. The normalized spacial score (nSPS) is 13.8. The highest BCUT2D eigenvalue weighted by atomic mass is 35.5. The summed E-state index contributed by atoms with van der Waals surface area (Å²) in [6.07, 6.45) is 0. The third kappa shape index (κ3) is 3.36. The molecule has 1 atom stereocenters. The summed E-state index contributed by atoms with van der Waals surface area (Å²) >= 11 is 7.28. The van der Waals surface area contributed by atoms with Gasteiger partial charge in [-0.25, -0.2) is 4.39 Å². The minimum absolute atomic E-state index is 0.0380. The number of thiophene rings is 1. The van der Waals surface area contributed by atoms with Crippen molar-refractivity contribution in [2.24, 2.45) is 0 Å². The van der Waals surface area contributed by atoms with Gasteiger partial charge in [0.2, 0.25) is 0 Å². The molecule has 1 unspecified atom stereocenters. The Morgan fingerprint density at radius 3 is 2.85 bits per heavy atom. The number of halogens is 2. The van der Waals surface area contributed by atoms with Gasteiger partial charge >= 0.3 is 0 Å². The molecule has 1 heterocycles. The van der Waals surface area contributed by atoms with Crippen LogP contribution in [0.3, 0.4) is 0 Å². The van der Waals surface area contributed by atoms with Gasteiger partial charge in [-0.15, -0.1) is 0 Å². The lowest BCUT2D eigenvalue weighted by molar-refractivity contribution is 0.0530. The molecule has 0 aliphatic carbocycles. The quantitative estimate of drug-likeness (QED) is 0.911. The molecule has 0 spiro atoms. The minimum Gasteiger partial charge on any atom is -0.384 e. The summed E-state index contributed by atoms with van der Waals surface area (Å²) in [5.74, 6) is -0.956. The third-order valence-electron chi connectivity index (χ3n) is 2.91. The Morgan fingerprint density at radius 2 is 2.25 bits per heavy atom. The van der Waals surface area contributed by atoms with Gasteiger partial charge in [0.05, 0.1) is 17.1 Å². The predicted molar refractivity (Wildman–Crippen MR) is 77.6 cm³/mol. The minimum atomic E-state index is -1.16. The Balaban J connectivity index is 2.05. The number of aliphatic hydroxyl groups is 1. The number of hydrogen-bond acceptors (Lipinski definition) is 3. The molecule has 6 heteroatoms. The van der Waals surface area contributed by atoms with Crippen LogP contribution in [0.5, 0.6) is 0 Å². The van der Waals surface area contributed by atoms with E-state index in [-0.39, 0.29) is 17.1 Å². The Labute approximate surface area is 125 Å². The molecule has 2 rings (SSSR count). The van der Waals surface area contributed by atoms with Gasteiger partial charge in [-0.05, 0) is 47.5 Å². The molecule has 106 valence electrons. The zero-order valence-electron chi connectivity index (χ0n) is 10.7. The van der Waals surface area contributed by atoms with Crippen LogP contribution < -0.4 is 5.32 Å². The SMILES string of the molecule is CC(O)(CNC(=O)c1ccc(F)cc1Cl)c1ccsc1. The van der Waals surface area contributed by atoms with E-state index in [1.165, 1.54) is 17.4 Å². The van der Waals surface area contributed by atoms with Gasteiger partial charge in [0.1, 0.15) is 11.4 Å². The first kappa shape index (κ1) is 15.0. The standard InChI is InChI=1S/C14H13ClFNO2S/c1-14(19,9-4-5-20-7-9)8-17-13(18)11-3-2-10(16)6-12(11)15/h2-7,19H,8H2,1H3,(H,17,18). The maximum absolute atomic E-state index is 12.9. The molecule has 0 aliphatic heterocycles. The van der Waals surface area contributed by atoms with E-state index in [9.17, 15) is 14.3 Å². The Hall–Kier alpha value is -1.43. The maximum Gasteiger partial charge on any atom is 0.252 e. The second kappa shape index (κ2) is 5.91. The van der Waals surface area contributed by atoms with E-state index in [2.05, 4.69) is 5.32 Å². The molecule has 1 aromatic carbocycles. The van der Waals surface area contributed by atoms with Crippen molar-refractivity contribution in [3.05, 3.63) is 57.0 Å². The Bertz CT molecular complexity index is 614. The second-order valence-corrected chi connectivity index (χ2v) is 5.78. The zero-order chi connectivity index (χ0) is 14.8. The number of nitrogens with one attached hydrogen (secondary N) is 1. The van der Waals surface area contributed by atoms with Crippen molar-refractivity contribution in [1.82, 2.24) is 5.32 Å².